The zero-order valence-electron chi connectivity index (χ0n) is 16.6. The molecule has 3 heterocycles. The predicted molar refractivity (Wildman–Crippen MR) is 109 cm³/mol. The lowest BCUT2D eigenvalue weighted by Gasteiger charge is -2.32. The molecule has 7 nitrogen and oxygen atoms in total. The van der Waals surface area contributed by atoms with Crippen LogP contribution in [0.1, 0.15) is 46.1 Å². The van der Waals surface area contributed by atoms with Gasteiger partial charge in [-0.2, -0.15) is 0 Å². The van der Waals surface area contributed by atoms with Crippen molar-refractivity contribution >= 4 is 22.9 Å². The number of hydrogen-bond acceptors (Lipinski definition) is 5. The number of amides is 2. The molecular formula is C22H24N4O3. The number of rotatable bonds is 4. The van der Waals surface area contributed by atoms with Crippen molar-refractivity contribution < 1.29 is 14.1 Å². The van der Waals surface area contributed by atoms with Gasteiger partial charge in [0.1, 0.15) is 0 Å². The monoisotopic (exact) mass is 392 g/mol. The fourth-order valence-corrected chi connectivity index (χ4v) is 4.00. The molecule has 0 radical (unpaired) electrons. The first-order valence-corrected chi connectivity index (χ1v) is 9.87. The molecule has 1 aromatic carbocycles. The van der Waals surface area contributed by atoms with Gasteiger partial charge in [-0.05, 0) is 31.4 Å². The van der Waals surface area contributed by atoms with Gasteiger partial charge in [0, 0.05) is 31.7 Å². The van der Waals surface area contributed by atoms with Gasteiger partial charge >= 0.3 is 0 Å². The fraction of sp³-hybridized carbons (Fsp3) is 0.364. The average molecular weight is 392 g/mol. The summed E-state index contributed by atoms with van der Waals surface area (Å²) in [5.74, 6) is -0.0791. The number of carbonyl (C=O) groups excluding carboxylic acids is 2. The molecule has 0 saturated carbocycles. The Hall–Kier alpha value is -3.22. The molecule has 3 aromatic rings. The minimum absolute atomic E-state index is 0.0117. The van der Waals surface area contributed by atoms with E-state index in [2.05, 4.69) is 15.5 Å². The Labute approximate surface area is 169 Å². The van der Waals surface area contributed by atoms with Gasteiger partial charge in [0.05, 0.1) is 23.1 Å². The minimum Gasteiger partial charge on any atom is -0.355 e. The number of hydrogen-bond donors (Lipinski definition) is 1. The molecule has 1 saturated heterocycles. The van der Waals surface area contributed by atoms with E-state index in [1.54, 1.807) is 13.1 Å². The highest BCUT2D eigenvalue weighted by Gasteiger charge is 2.30. The van der Waals surface area contributed by atoms with E-state index in [1.165, 1.54) is 0 Å². The number of aryl methyl sites for hydroxylation is 1. The quantitative estimate of drug-likeness (QED) is 0.738. The number of nitrogens with zero attached hydrogens (tertiary/aromatic N) is 3. The third kappa shape index (κ3) is 3.85. The first kappa shape index (κ1) is 19.1. The molecule has 1 aliphatic rings. The zero-order chi connectivity index (χ0) is 20.4. The Kier molecular flexibility index (Phi) is 5.29. The summed E-state index contributed by atoms with van der Waals surface area (Å²) in [6, 6.07) is 11.5. The first-order valence-electron chi connectivity index (χ1n) is 9.87. The lowest BCUT2D eigenvalue weighted by Crippen LogP contribution is -2.40. The highest BCUT2D eigenvalue weighted by molar-refractivity contribution is 6.06. The third-order valence-corrected chi connectivity index (χ3v) is 5.43. The minimum atomic E-state index is -0.197. The third-order valence-electron chi connectivity index (χ3n) is 5.43. The van der Waals surface area contributed by atoms with E-state index in [0.29, 0.717) is 41.0 Å². The fourth-order valence-electron chi connectivity index (χ4n) is 4.00. The number of aromatic nitrogens is 2. The number of benzene rings is 1. The van der Waals surface area contributed by atoms with Crippen LogP contribution < -0.4 is 5.32 Å². The molecule has 4 rings (SSSR count). The van der Waals surface area contributed by atoms with Crippen molar-refractivity contribution in [3.8, 4) is 0 Å². The summed E-state index contributed by atoms with van der Waals surface area (Å²) >= 11 is 0. The lowest BCUT2D eigenvalue weighted by atomic mass is 9.91. The normalized spacial score (nSPS) is 16.8. The molecule has 29 heavy (non-hydrogen) atoms. The number of pyridine rings is 1. The Morgan fingerprint density at radius 2 is 2.07 bits per heavy atom. The van der Waals surface area contributed by atoms with E-state index in [4.69, 9.17) is 4.52 Å². The van der Waals surface area contributed by atoms with Crippen molar-refractivity contribution in [1.29, 1.82) is 0 Å². The van der Waals surface area contributed by atoms with Crippen LogP contribution in [0.15, 0.2) is 40.9 Å². The van der Waals surface area contributed by atoms with Gasteiger partial charge in [-0.1, -0.05) is 35.5 Å². The molecule has 1 aliphatic heterocycles. The van der Waals surface area contributed by atoms with Gasteiger partial charge in [-0.25, -0.2) is 4.98 Å². The van der Waals surface area contributed by atoms with Gasteiger partial charge in [0.25, 0.3) is 11.6 Å². The number of nitrogens with one attached hydrogen (secondary N) is 1. The first-order chi connectivity index (χ1) is 14.1. The van der Waals surface area contributed by atoms with Crippen molar-refractivity contribution in [2.45, 2.75) is 32.1 Å². The van der Waals surface area contributed by atoms with Crippen LogP contribution in [0, 0.1) is 6.92 Å². The average Bonchev–Trinajstić information content (AvgIpc) is 3.17. The maximum absolute atomic E-state index is 12.8. The molecule has 0 bridgehead atoms. The molecule has 2 amide bonds. The van der Waals surface area contributed by atoms with Crippen molar-refractivity contribution in [2.75, 3.05) is 20.1 Å². The van der Waals surface area contributed by atoms with Crippen LogP contribution in [0.2, 0.25) is 0 Å². The summed E-state index contributed by atoms with van der Waals surface area (Å²) in [6.45, 7) is 3.12. The largest absolute Gasteiger partial charge is 0.355 e. The summed E-state index contributed by atoms with van der Waals surface area (Å²) in [7, 11) is 1.60. The summed E-state index contributed by atoms with van der Waals surface area (Å²) < 4.78 is 5.47. The number of likely N-dealkylation sites (tertiary alicyclic amines) is 1. The summed E-state index contributed by atoms with van der Waals surface area (Å²) in [5, 5.41) is 7.58. The van der Waals surface area contributed by atoms with Gasteiger partial charge in [0.2, 0.25) is 5.91 Å². The molecule has 0 spiro atoms. The maximum atomic E-state index is 12.8. The molecule has 1 fully saturated rings. The smallest absolute Gasteiger partial charge is 0.259 e. The van der Waals surface area contributed by atoms with Crippen molar-refractivity contribution in [1.82, 2.24) is 20.4 Å². The van der Waals surface area contributed by atoms with Crippen LogP contribution in [0.5, 0.6) is 0 Å². The van der Waals surface area contributed by atoms with Crippen LogP contribution in [0.4, 0.5) is 0 Å². The van der Waals surface area contributed by atoms with E-state index in [-0.39, 0.29) is 17.7 Å². The summed E-state index contributed by atoms with van der Waals surface area (Å²) in [4.78, 5) is 31.5. The summed E-state index contributed by atoms with van der Waals surface area (Å²) in [6.07, 6.45) is 2.16. The predicted octanol–water partition coefficient (Wildman–Crippen LogP) is 2.84. The summed E-state index contributed by atoms with van der Waals surface area (Å²) in [5.41, 5.74) is 3.30. The molecule has 2 aromatic heterocycles. The highest BCUT2D eigenvalue weighted by Crippen LogP contribution is 2.33. The van der Waals surface area contributed by atoms with Crippen molar-refractivity contribution in [3.63, 3.8) is 0 Å². The highest BCUT2D eigenvalue weighted by atomic mass is 16.5. The van der Waals surface area contributed by atoms with E-state index < -0.39 is 0 Å². The van der Waals surface area contributed by atoms with Crippen molar-refractivity contribution in [3.05, 3.63) is 58.9 Å². The van der Waals surface area contributed by atoms with Crippen LogP contribution in [0.25, 0.3) is 11.1 Å². The van der Waals surface area contributed by atoms with Crippen molar-refractivity contribution in [2.24, 2.45) is 0 Å². The van der Waals surface area contributed by atoms with Gasteiger partial charge in [-0.3, -0.25) is 9.59 Å². The second-order valence-electron chi connectivity index (χ2n) is 7.48. The van der Waals surface area contributed by atoms with Gasteiger partial charge in [-0.15, -0.1) is 0 Å². The SMILES string of the molecule is CNC(=O)c1cc(C)nc2onc(C3CCCN(C(=O)Cc4ccccc4)C3)c12. The Bertz CT molecular complexity index is 1040. The molecule has 150 valence electrons. The Balaban J connectivity index is 1.61. The van der Waals surface area contributed by atoms with Crippen LogP contribution >= 0.6 is 0 Å². The lowest BCUT2D eigenvalue weighted by molar-refractivity contribution is -0.131. The van der Waals surface area contributed by atoms with Crippen LogP contribution in [-0.4, -0.2) is 47.0 Å². The Morgan fingerprint density at radius 3 is 2.83 bits per heavy atom. The Morgan fingerprint density at radius 1 is 1.28 bits per heavy atom. The van der Waals surface area contributed by atoms with Crippen LogP contribution in [0.3, 0.4) is 0 Å². The van der Waals surface area contributed by atoms with Crippen LogP contribution in [-0.2, 0) is 11.2 Å². The topological polar surface area (TPSA) is 88.3 Å². The van der Waals surface area contributed by atoms with E-state index in [1.807, 2.05) is 42.2 Å². The molecule has 7 heteroatoms. The second-order valence-corrected chi connectivity index (χ2v) is 7.48. The van der Waals surface area contributed by atoms with E-state index >= 15 is 0 Å². The zero-order valence-corrected chi connectivity index (χ0v) is 16.6. The number of piperidine rings is 1. The molecule has 1 unspecified atom stereocenters. The second kappa shape index (κ2) is 8.03. The molecule has 0 aliphatic carbocycles. The van der Waals surface area contributed by atoms with Gasteiger partial charge < -0.3 is 14.7 Å². The van der Waals surface area contributed by atoms with E-state index in [9.17, 15) is 9.59 Å². The molecular weight excluding hydrogens is 368 g/mol. The standard InChI is InChI=1S/C22H24N4O3/c1-14-11-17(21(28)23-2)19-20(25-29-22(19)24-14)16-9-6-10-26(13-16)18(27)12-15-7-4-3-5-8-15/h3-5,7-8,11,16H,6,9-10,12-13H2,1-2H3,(H,23,28). The van der Waals surface area contributed by atoms with E-state index in [0.717, 1.165) is 24.9 Å². The van der Waals surface area contributed by atoms with Gasteiger partial charge in [0.15, 0.2) is 0 Å². The maximum Gasteiger partial charge on any atom is 0.259 e. The number of carbonyl (C=O) groups is 2. The number of fused-ring (bicyclic) bond motifs is 1. The molecule has 1 N–H and O–H groups in total. The molecule has 1 atom stereocenters.